The zero-order chi connectivity index (χ0) is 5.11. The van der Waals surface area contributed by atoms with E-state index in [0.717, 1.165) is 5.70 Å². The minimum absolute atomic E-state index is 0.596. The predicted molar refractivity (Wildman–Crippen MR) is 30.3 cm³/mol. The topological polar surface area (TPSA) is 24.1 Å². The molecule has 2 N–H and O–H groups in total. The van der Waals surface area contributed by atoms with Gasteiger partial charge in [0.15, 0.2) is 0 Å². The molecule has 0 aromatic carbocycles. The molecule has 2 nitrogen and oxygen atoms in total. The maximum absolute atomic E-state index is 3.68. The molecule has 1 aliphatic rings. The summed E-state index contributed by atoms with van der Waals surface area (Å²) in [6.45, 7) is 3.68. The first-order chi connectivity index (χ1) is 3.39. The van der Waals surface area contributed by atoms with Crippen LogP contribution in [0, 0.1) is 0 Å². The Bertz CT molecular complexity index is 108. The van der Waals surface area contributed by atoms with Crippen molar-refractivity contribution in [1.29, 1.82) is 0 Å². The Morgan fingerprint density at radius 2 is 2.57 bits per heavy atom. The van der Waals surface area contributed by atoms with E-state index in [4.69, 9.17) is 0 Å². The molecular weight excluding hydrogens is 104 g/mol. The number of rotatable bonds is 0. The van der Waals surface area contributed by atoms with Gasteiger partial charge in [0.1, 0.15) is 0 Å². The van der Waals surface area contributed by atoms with Gasteiger partial charge in [-0.2, -0.15) is 0 Å². The second-order valence-electron chi connectivity index (χ2n) is 1.25. The van der Waals surface area contributed by atoms with Crippen LogP contribution in [-0.2, 0) is 0 Å². The van der Waals surface area contributed by atoms with Crippen molar-refractivity contribution >= 4 is 9.84 Å². The van der Waals surface area contributed by atoms with E-state index in [1.54, 1.807) is 0 Å². The molecule has 0 saturated carbocycles. The molecule has 0 saturated heterocycles. The Morgan fingerprint density at radius 3 is 2.86 bits per heavy atom. The molecule has 0 aliphatic carbocycles. The zero-order valence-electron chi connectivity index (χ0n) is 3.86. The number of allylic oxidation sites excluding steroid dienone is 1. The Hall–Kier alpha value is -0.703. The van der Waals surface area contributed by atoms with Gasteiger partial charge in [-0.25, -0.2) is 0 Å². The third-order valence-corrected chi connectivity index (χ3v) is 1.42. The maximum Gasteiger partial charge on any atom is 0.326 e. The number of hydrogen-bond acceptors (Lipinski definition) is 2. The Morgan fingerprint density at radius 1 is 1.71 bits per heavy atom. The molecule has 1 heterocycles. The van der Waals surface area contributed by atoms with Crippen LogP contribution in [0.2, 0.25) is 0 Å². The third-order valence-electron chi connectivity index (χ3n) is 0.663. The van der Waals surface area contributed by atoms with E-state index in [-0.39, 0.29) is 0 Å². The van der Waals surface area contributed by atoms with E-state index in [1.807, 2.05) is 12.3 Å². The molecule has 0 amide bonds. The zero-order valence-corrected chi connectivity index (χ0v) is 4.86. The molecule has 0 aromatic heterocycles. The van der Waals surface area contributed by atoms with E-state index in [2.05, 4.69) is 16.5 Å². The van der Waals surface area contributed by atoms with Crippen LogP contribution in [0.5, 0.6) is 0 Å². The van der Waals surface area contributed by atoms with Gasteiger partial charge >= 0.3 is 9.84 Å². The van der Waals surface area contributed by atoms with Crippen LogP contribution in [-0.4, -0.2) is 9.84 Å². The van der Waals surface area contributed by atoms with Gasteiger partial charge in [0.05, 0.1) is 0 Å². The lowest BCUT2D eigenvalue weighted by Crippen LogP contribution is -2.31. The second kappa shape index (κ2) is 1.84. The lowest BCUT2D eigenvalue weighted by Gasteiger charge is -2.07. The Balaban J connectivity index is 2.51. The molecule has 36 valence electrons. The molecular formula is C4H6N2Si. The minimum Gasteiger partial charge on any atom is -0.400 e. The second-order valence-corrected chi connectivity index (χ2v) is 2.04. The maximum atomic E-state index is 3.68. The fourth-order valence-corrected chi connectivity index (χ4v) is 0.825. The van der Waals surface area contributed by atoms with E-state index in [9.17, 15) is 0 Å². The molecule has 0 bridgehead atoms. The van der Waals surface area contributed by atoms with E-state index >= 15 is 0 Å². The summed E-state index contributed by atoms with van der Waals surface area (Å²) in [6.07, 6.45) is 3.79. The molecule has 0 spiro atoms. The van der Waals surface area contributed by atoms with Crippen molar-refractivity contribution in [3.8, 4) is 0 Å². The monoisotopic (exact) mass is 110 g/mol. The van der Waals surface area contributed by atoms with Crippen LogP contribution in [0.3, 0.4) is 0 Å². The molecule has 1 rings (SSSR count). The molecule has 2 radical (unpaired) electrons. The fraction of sp³-hybridized carbons (Fsp3) is 0. The van der Waals surface area contributed by atoms with Gasteiger partial charge in [-0.3, -0.25) is 0 Å². The highest BCUT2D eigenvalue weighted by atomic mass is 28.2. The lowest BCUT2D eigenvalue weighted by atomic mass is 10.5. The smallest absolute Gasteiger partial charge is 0.326 e. The summed E-state index contributed by atoms with van der Waals surface area (Å²) in [5.74, 6) is 0. The summed E-state index contributed by atoms with van der Waals surface area (Å²) >= 11 is 0. The highest BCUT2D eigenvalue weighted by Crippen LogP contribution is 1.85. The quantitative estimate of drug-likeness (QED) is 0.420. The summed E-state index contributed by atoms with van der Waals surface area (Å²) in [6, 6.07) is 0. The van der Waals surface area contributed by atoms with E-state index in [0.29, 0.717) is 9.84 Å². The van der Waals surface area contributed by atoms with Crippen molar-refractivity contribution < 1.29 is 0 Å². The van der Waals surface area contributed by atoms with Gasteiger partial charge in [0.2, 0.25) is 0 Å². The van der Waals surface area contributed by atoms with Crippen LogP contribution in [0.4, 0.5) is 0 Å². The van der Waals surface area contributed by atoms with Gasteiger partial charge in [0.25, 0.3) is 0 Å². The van der Waals surface area contributed by atoms with Gasteiger partial charge in [0, 0.05) is 5.70 Å². The average molecular weight is 110 g/mol. The summed E-state index contributed by atoms with van der Waals surface area (Å²) in [5, 5.41) is 0. The van der Waals surface area contributed by atoms with Crippen LogP contribution >= 0.6 is 0 Å². The minimum atomic E-state index is 0.596. The highest BCUT2D eigenvalue weighted by Gasteiger charge is 1.91. The van der Waals surface area contributed by atoms with Gasteiger partial charge in [-0.15, -0.1) is 0 Å². The van der Waals surface area contributed by atoms with Crippen molar-refractivity contribution in [1.82, 2.24) is 9.96 Å². The van der Waals surface area contributed by atoms with Crippen molar-refractivity contribution in [2.45, 2.75) is 0 Å². The van der Waals surface area contributed by atoms with Crippen LogP contribution < -0.4 is 9.96 Å². The highest BCUT2D eigenvalue weighted by molar-refractivity contribution is 6.30. The van der Waals surface area contributed by atoms with Crippen LogP contribution in [0.15, 0.2) is 24.6 Å². The first-order valence-corrected chi connectivity index (χ1v) is 3.01. The first kappa shape index (κ1) is 4.46. The predicted octanol–water partition coefficient (Wildman–Crippen LogP) is -0.259. The largest absolute Gasteiger partial charge is 0.400 e. The molecule has 0 unspecified atom stereocenters. The summed E-state index contributed by atoms with van der Waals surface area (Å²) < 4.78 is 0. The van der Waals surface area contributed by atoms with Crippen molar-refractivity contribution in [2.75, 3.05) is 0 Å². The van der Waals surface area contributed by atoms with Crippen LogP contribution in [0.25, 0.3) is 0 Å². The number of nitrogens with one attached hydrogen (secondary N) is 2. The van der Waals surface area contributed by atoms with Gasteiger partial charge in [-0.05, 0) is 12.3 Å². The van der Waals surface area contributed by atoms with Crippen molar-refractivity contribution in [3.05, 3.63) is 24.6 Å². The fourth-order valence-electron chi connectivity index (χ4n) is 0.342. The molecule has 0 atom stereocenters. The van der Waals surface area contributed by atoms with Crippen molar-refractivity contribution in [3.63, 3.8) is 0 Å². The van der Waals surface area contributed by atoms with E-state index in [1.165, 1.54) is 0 Å². The third kappa shape index (κ3) is 1.08. The average Bonchev–Trinajstić information content (AvgIpc) is 1.69. The molecule has 7 heavy (non-hydrogen) atoms. The molecule has 1 aliphatic heterocycles. The summed E-state index contributed by atoms with van der Waals surface area (Å²) in [4.78, 5) is 6.01. The van der Waals surface area contributed by atoms with E-state index < -0.39 is 0 Å². The first-order valence-electron chi connectivity index (χ1n) is 2.01. The van der Waals surface area contributed by atoms with Gasteiger partial charge < -0.3 is 9.96 Å². The number of hydrogen-bond donors (Lipinski definition) is 2. The van der Waals surface area contributed by atoms with Gasteiger partial charge in [-0.1, -0.05) is 6.58 Å². The SMILES string of the molecule is C=C1C=CN[Si]N1. The Kier molecular flexibility index (Phi) is 1.17. The standard InChI is InChI=1S/C4H6N2Si/c1-4-2-3-5-7-6-4/h2-3,5-6H,1H2. The molecule has 3 heteroatoms. The summed E-state index contributed by atoms with van der Waals surface area (Å²) in [5.41, 5.74) is 0.983. The lowest BCUT2D eigenvalue weighted by molar-refractivity contribution is 1.13. The molecule has 0 fully saturated rings. The molecule has 0 aromatic rings. The van der Waals surface area contributed by atoms with Crippen LogP contribution in [0.1, 0.15) is 0 Å². The summed E-state index contributed by atoms with van der Waals surface area (Å²) in [7, 11) is 0.596. The Labute approximate surface area is 45.3 Å². The van der Waals surface area contributed by atoms with Crippen molar-refractivity contribution in [2.24, 2.45) is 0 Å². The normalized spacial score (nSPS) is 18.0.